The van der Waals surface area contributed by atoms with Crippen molar-refractivity contribution in [3.63, 3.8) is 0 Å². The molecule has 1 aromatic heterocycles. The van der Waals surface area contributed by atoms with E-state index in [1.165, 1.54) is 18.9 Å². The van der Waals surface area contributed by atoms with Crippen molar-refractivity contribution < 1.29 is 13.9 Å². The van der Waals surface area contributed by atoms with Gasteiger partial charge in [0.05, 0.1) is 24.9 Å². The molecule has 0 atom stereocenters. The van der Waals surface area contributed by atoms with Crippen LogP contribution in [-0.2, 0) is 11.3 Å². The number of ether oxygens (including phenoxy) is 1. The van der Waals surface area contributed by atoms with Gasteiger partial charge in [-0.15, -0.1) is 0 Å². The second-order valence-corrected chi connectivity index (χ2v) is 5.44. The van der Waals surface area contributed by atoms with E-state index in [0.29, 0.717) is 17.9 Å². The maximum atomic E-state index is 11.3. The minimum absolute atomic E-state index is 0.396. The summed E-state index contributed by atoms with van der Waals surface area (Å²) in [5.74, 6) is 0.282. The molecule has 0 fully saturated rings. The fourth-order valence-corrected chi connectivity index (χ4v) is 2.83. The number of rotatable bonds is 4. The van der Waals surface area contributed by atoms with Gasteiger partial charge in [0.15, 0.2) is 0 Å². The molecule has 0 amide bonds. The van der Waals surface area contributed by atoms with Crippen LogP contribution in [0.3, 0.4) is 0 Å². The minimum atomic E-state index is -0.396. The van der Waals surface area contributed by atoms with Gasteiger partial charge < -0.3 is 14.5 Å². The first kappa shape index (κ1) is 14.7. The molecule has 0 spiro atoms. The van der Waals surface area contributed by atoms with Crippen molar-refractivity contribution in [1.82, 2.24) is 0 Å². The monoisotopic (exact) mass is 337 g/mol. The Balaban J connectivity index is 2.09. The van der Waals surface area contributed by atoms with Crippen molar-refractivity contribution >= 4 is 27.6 Å². The van der Waals surface area contributed by atoms with Gasteiger partial charge >= 0.3 is 5.97 Å². The molecule has 1 N–H and O–H groups in total. The summed E-state index contributed by atoms with van der Waals surface area (Å²) in [6, 6.07) is 5.84. The van der Waals surface area contributed by atoms with Gasteiger partial charge in [-0.1, -0.05) is 6.07 Å². The van der Waals surface area contributed by atoms with E-state index in [1.54, 1.807) is 6.07 Å². The molecule has 0 saturated carbocycles. The SMILES string of the molecule is COC(=O)c1coc(CNc2c(C)cc(C)cc2Br)c1. The maximum Gasteiger partial charge on any atom is 0.341 e. The van der Waals surface area contributed by atoms with Crippen molar-refractivity contribution in [1.29, 1.82) is 0 Å². The van der Waals surface area contributed by atoms with Gasteiger partial charge in [0.2, 0.25) is 0 Å². The number of esters is 1. The molecule has 20 heavy (non-hydrogen) atoms. The number of hydrogen-bond donors (Lipinski definition) is 1. The summed E-state index contributed by atoms with van der Waals surface area (Å²) in [5, 5.41) is 3.30. The van der Waals surface area contributed by atoms with Crippen molar-refractivity contribution in [2.45, 2.75) is 20.4 Å². The number of methoxy groups -OCH3 is 1. The number of halogens is 1. The first-order chi connectivity index (χ1) is 9.51. The van der Waals surface area contributed by atoms with Crippen LogP contribution in [-0.4, -0.2) is 13.1 Å². The summed E-state index contributed by atoms with van der Waals surface area (Å²) in [4.78, 5) is 11.3. The van der Waals surface area contributed by atoms with Crippen molar-refractivity contribution in [2.24, 2.45) is 0 Å². The van der Waals surface area contributed by atoms with E-state index < -0.39 is 5.97 Å². The third-order valence-corrected chi connectivity index (χ3v) is 3.57. The molecule has 106 valence electrons. The molecule has 4 nitrogen and oxygen atoms in total. The van der Waals surface area contributed by atoms with Crippen LogP contribution in [0.5, 0.6) is 0 Å². The average molecular weight is 338 g/mol. The van der Waals surface area contributed by atoms with Crippen LogP contribution in [0.2, 0.25) is 0 Å². The quantitative estimate of drug-likeness (QED) is 0.855. The molecular formula is C15H16BrNO3. The molecule has 0 aliphatic rings. The first-order valence-corrected chi connectivity index (χ1v) is 6.97. The number of carbonyl (C=O) groups is 1. The zero-order valence-corrected chi connectivity index (χ0v) is 13.2. The molecule has 0 aliphatic carbocycles. The summed E-state index contributed by atoms with van der Waals surface area (Å²) in [6.45, 7) is 4.60. The first-order valence-electron chi connectivity index (χ1n) is 6.17. The Morgan fingerprint density at radius 1 is 1.35 bits per heavy atom. The van der Waals surface area contributed by atoms with Crippen LogP contribution in [0.1, 0.15) is 27.2 Å². The smallest absolute Gasteiger partial charge is 0.341 e. The summed E-state index contributed by atoms with van der Waals surface area (Å²) < 4.78 is 11.0. The Bertz CT molecular complexity index is 611. The van der Waals surface area contributed by atoms with Crippen molar-refractivity contribution in [3.8, 4) is 0 Å². The van der Waals surface area contributed by atoms with Gasteiger partial charge in [-0.25, -0.2) is 4.79 Å². The Hall–Kier alpha value is -1.75. The van der Waals surface area contributed by atoms with E-state index in [0.717, 1.165) is 15.7 Å². The van der Waals surface area contributed by atoms with E-state index in [1.807, 2.05) is 6.92 Å². The third-order valence-electron chi connectivity index (χ3n) is 2.95. The van der Waals surface area contributed by atoms with Gasteiger partial charge in [-0.3, -0.25) is 0 Å². The molecule has 5 heteroatoms. The van der Waals surface area contributed by atoms with Crippen molar-refractivity contribution in [3.05, 3.63) is 51.4 Å². The van der Waals surface area contributed by atoms with E-state index >= 15 is 0 Å². The number of aryl methyl sites for hydroxylation is 2. The van der Waals surface area contributed by atoms with Gasteiger partial charge in [0.25, 0.3) is 0 Å². The average Bonchev–Trinajstić information content (AvgIpc) is 2.85. The number of nitrogens with one attached hydrogen (secondary N) is 1. The molecule has 0 unspecified atom stereocenters. The third kappa shape index (κ3) is 3.22. The maximum absolute atomic E-state index is 11.3. The zero-order chi connectivity index (χ0) is 14.7. The second kappa shape index (κ2) is 6.13. The molecule has 0 saturated heterocycles. The lowest BCUT2D eigenvalue weighted by Crippen LogP contribution is -2.02. The fraction of sp³-hybridized carbons (Fsp3) is 0.267. The summed E-state index contributed by atoms with van der Waals surface area (Å²) in [5.41, 5.74) is 3.79. The van der Waals surface area contributed by atoms with Gasteiger partial charge in [0.1, 0.15) is 12.0 Å². The molecule has 2 aromatic rings. The summed E-state index contributed by atoms with van der Waals surface area (Å²) in [7, 11) is 1.35. The summed E-state index contributed by atoms with van der Waals surface area (Å²) >= 11 is 3.54. The Labute approximate surface area is 126 Å². The lowest BCUT2D eigenvalue weighted by molar-refractivity contribution is 0.0600. The van der Waals surface area contributed by atoms with Crippen LogP contribution in [0, 0.1) is 13.8 Å². The lowest BCUT2D eigenvalue weighted by atomic mass is 10.1. The lowest BCUT2D eigenvalue weighted by Gasteiger charge is -2.11. The summed E-state index contributed by atoms with van der Waals surface area (Å²) in [6.07, 6.45) is 1.40. The highest BCUT2D eigenvalue weighted by Crippen LogP contribution is 2.28. The topological polar surface area (TPSA) is 51.5 Å². The predicted molar refractivity (Wildman–Crippen MR) is 81.0 cm³/mol. The molecule has 0 radical (unpaired) electrons. The van der Waals surface area contributed by atoms with Crippen molar-refractivity contribution in [2.75, 3.05) is 12.4 Å². The van der Waals surface area contributed by atoms with Crippen LogP contribution in [0.25, 0.3) is 0 Å². The van der Waals surface area contributed by atoms with E-state index in [-0.39, 0.29) is 0 Å². The number of furan rings is 1. The molecule has 0 aliphatic heterocycles. The van der Waals surface area contributed by atoms with Gasteiger partial charge in [0, 0.05) is 4.47 Å². The second-order valence-electron chi connectivity index (χ2n) is 4.59. The predicted octanol–water partition coefficient (Wildman–Crippen LogP) is 4.06. The number of hydrogen-bond acceptors (Lipinski definition) is 4. The minimum Gasteiger partial charge on any atom is -0.467 e. The van der Waals surface area contributed by atoms with Crippen LogP contribution < -0.4 is 5.32 Å². The molecule has 0 bridgehead atoms. The van der Waals surface area contributed by atoms with Crippen LogP contribution in [0.4, 0.5) is 5.69 Å². The Morgan fingerprint density at radius 3 is 2.75 bits per heavy atom. The molecular weight excluding hydrogens is 322 g/mol. The largest absolute Gasteiger partial charge is 0.467 e. The molecule has 1 aromatic carbocycles. The standard InChI is InChI=1S/C15H16BrNO3/c1-9-4-10(2)14(13(16)5-9)17-7-12-6-11(8-20-12)15(18)19-3/h4-6,8,17H,7H2,1-3H3. The van der Waals surface area contributed by atoms with Crippen LogP contribution in [0.15, 0.2) is 33.4 Å². The van der Waals surface area contributed by atoms with Gasteiger partial charge in [-0.05, 0) is 53.0 Å². The van der Waals surface area contributed by atoms with Crippen LogP contribution >= 0.6 is 15.9 Å². The number of benzene rings is 1. The Kier molecular flexibility index (Phi) is 4.49. The van der Waals surface area contributed by atoms with Gasteiger partial charge in [-0.2, -0.15) is 0 Å². The number of carbonyl (C=O) groups excluding carboxylic acids is 1. The molecule has 2 rings (SSSR count). The Morgan fingerprint density at radius 2 is 2.10 bits per heavy atom. The fourth-order valence-electron chi connectivity index (χ4n) is 2.01. The number of anilines is 1. The zero-order valence-electron chi connectivity index (χ0n) is 11.6. The van der Waals surface area contributed by atoms with E-state index in [4.69, 9.17) is 4.42 Å². The molecule has 1 heterocycles. The highest BCUT2D eigenvalue weighted by atomic mass is 79.9. The van der Waals surface area contributed by atoms with E-state index in [9.17, 15) is 4.79 Å². The highest BCUT2D eigenvalue weighted by molar-refractivity contribution is 9.10. The highest BCUT2D eigenvalue weighted by Gasteiger charge is 2.11. The normalized spacial score (nSPS) is 10.4. The van der Waals surface area contributed by atoms with E-state index in [2.05, 4.69) is 45.0 Å².